The highest BCUT2D eigenvalue weighted by Gasteiger charge is 2.38. The van der Waals surface area contributed by atoms with E-state index >= 15 is 0 Å². The van der Waals surface area contributed by atoms with Gasteiger partial charge in [0.1, 0.15) is 5.82 Å². The van der Waals surface area contributed by atoms with Gasteiger partial charge in [-0.25, -0.2) is 13.8 Å². The summed E-state index contributed by atoms with van der Waals surface area (Å²) in [5.74, 6) is -1.10. The van der Waals surface area contributed by atoms with Gasteiger partial charge in [-0.3, -0.25) is 4.98 Å². The van der Waals surface area contributed by atoms with Crippen LogP contribution in [0.2, 0.25) is 0 Å². The van der Waals surface area contributed by atoms with E-state index in [2.05, 4.69) is 39.3 Å². The Balaban J connectivity index is 1.60. The number of halogens is 2. The van der Waals surface area contributed by atoms with Crippen LogP contribution in [-0.2, 0) is 0 Å². The fourth-order valence-corrected chi connectivity index (χ4v) is 3.08. The zero-order valence-corrected chi connectivity index (χ0v) is 15.2. The molecule has 0 atom stereocenters. The molecule has 0 bridgehead atoms. The second kappa shape index (κ2) is 6.68. The molecular formula is C19H20F2N6. The predicted molar refractivity (Wildman–Crippen MR) is 101 cm³/mol. The molecule has 0 aliphatic carbocycles. The van der Waals surface area contributed by atoms with Crippen LogP contribution in [0.3, 0.4) is 0 Å². The van der Waals surface area contributed by atoms with E-state index in [0.717, 1.165) is 5.56 Å². The van der Waals surface area contributed by atoms with Gasteiger partial charge in [-0.2, -0.15) is 5.10 Å². The number of nitrogens with one attached hydrogen (secondary N) is 1. The van der Waals surface area contributed by atoms with Crippen molar-refractivity contribution < 1.29 is 8.78 Å². The standard InChI is InChI=1S/C19H20F2N6/c1-12(2)13-7-18(26-23-9-13)25-17-4-3-15-16(24-17)8-14(10-22-15)27-6-5-19(20,21)11-27/h3-4,7-10,12H,5-6,11H2,1-2H3,(H,24,25,26). The van der Waals surface area contributed by atoms with Crippen molar-refractivity contribution in [3.63, 3.8) is 0 Å². The number of rotatable bonds is 4. The molecule has 3 aromatic heterocycles. The lowest BCUT2D eigenvalue weighted by Gasteiger charge is -2.18. The van der Waals surface area contributed by atoms with Gasteiger partial charge in [0.05, 0.1) is 35.7 Å². The van der Waals surface area contributed by atoms with Crippen LogP contribution in [0.4, 0.5) is 26.1 Å². The summed E-state index contributed by atoms with van der Waals surface area (Å²) in [6, 6.07) is 7.38. The molecule has 1 aliphatic heterocycles. The average Bonchev–Trinajstić information content (AvgIpc) is 3.01. The third kappa shape index (κ3) is 3.79. The molecule has 1 aliphatic rings. The number of anilines is 3. The van der Waals surface area contributed by atoms with Crippen molar-refractivity contribution in [2.75, 3.05) is 23.3 Å². The molecule has 1 fully saturated rings. The van der Waals surface area contributed by atoms with Crippen LogP contribution in [-0.4, -0.2) is 39.2 Å². The smallest absolute Gasteiger partial charge is 0.266 e. The Kier molecular flexibility index (Phi) is 4.33. The number of aromatic nitrogens is 4. The van der Waals surface area contributed by atoms with Crippen molar-refractivity contribution in [1.29, 1.82) is 0 Å². The highest BCUT2D eigenvalue weighted by Crippen LogP contribution is 2.31. The minimum absolute atomic E-state index is 0.134. The molecule has 0 aromatic carbocycles. The SMILES string of the molecule is CC(C)c1cnnc(Nc2ccc3ncc(N4CCC(F)(F)C4)cc3n2)c1. The molecule has 0 amide bonds. The number of fused-ring (bicyclic) bond motifs is 1. The lowest BCUT2D eigenvalue weighted by atomic mass is 10.1. The predicted octanol–water partition coefficient (Wildman–Crippen LogP) is 4.13. The second-order valence-electron chi connectivity index (χ2n) is 7.11. The van der Waals surface area contributed by atoms with Crippen molar-refractivity contribution in [3.05, 3.63) is 42.2 Å². The molecule has 27 heavy (non-hydrogen) atoms. The van der Waals surface area contributed by atoms with E-state index in [4.69, 9.17) is 0 Å². The summed E-state index contributed by atoms with van der Waals surface area (Å²) in [5.41, 5.74) is 3.08. The molecule has 0 unspecified atom stereocenters. The minimum Gasteiger partial charge on any atom is -0.364 e. The summed E-state index contributed by atoms with van der Waals surface area (Å²) >= 11 is 0. The van der Waals surface area contributed by atoms with Crippen molar-refractivity contribution >= 4 is 28.4 Å². The lowest BCUT2D eigenvalue weighted by Crippen LogP contribution is -2.24. The first kappa shape index (κ1) is 17.5. The quantitative estimate of drug-likeness (QED) is 0.745. The third-order valence-corrected chi connectivity index (χ3v) is 4.66. The molecular weight excluding hydrogens is 350 g/mol. The van der Waals surface area contributed by atoms with E-state index < -0.39 is 5.92 Å². The molecule has 140 valence electrons. The fourth-order valence-electron chi connectivity index (χ4n) is 3.08. The van der Waals surface area contributed by atoms with E-state index in [-0.39, 0.29) is 13.0 Å². The highest BCUT2D eigenvalue weighted by atomic mass is 19.3. The van der Waals surface area contributed by atoms with Crippen LogP contribution >= 0.6 is 0 Å². The van der Waals surface area contributed by atoms with Crippen LogP contribution in [0.15, 0.2) is 36.7 Å². The van der Waals surface area contributed by atoms with Gasteiger partial charge in [-0.1, -0.05) is 13.8 Å². The van der Waals surface area contributed by atoms with Crippen LogP contribution < -0.4 is 10.2 Å². The first-order chi connectivity index (χ1) is 12.9. The maximum atomic E-state index is 13.5. The molecule has 8 heteroatoms. The van der Waals surface area contributed by atoms with Crippen molar-refractivity contribution in [1.82, 2.24) is 20.2 Å². The van der Waals surface area contributed by atoms with Gasteiger partial charge in [0.25, 0.3) is 5.92 Å². The largest absolute Gasteiger partial charge is 0.364 e. The van der Waals surface area contributed by atoms with Crippen molar-refractivity contribution in [2.45, 2.75) is 32.1 Å². The van der Waals surface area contributed by atoms with Crippen LogP contribution in [0.1, 0.15) is 31.7 Å². The number of alkyl halides is 2. The molecule has 0 saturated carbocycles. The Bertz CT molecular complexity index is 975. The van der Waals surface area contributed by atoms with Crippen LogP contribution in [0.25, 0.3) is 11.0 Å². The van der Waals surface area contributed by atoms with Gasteiger partial charge in [-0.05, 0) is 35.7 Å². The van der Waals surface area contributed by atoms with Crippen LogP contribution in [0, 0.1) is 0 Å². The molecule has 3 aromatic rings. The molecule has 4 rings (SSSR count). The van der Waals surface area contributed by atoms with E-state index in [0.29, 0.717) is 40.8 Å². The highest BCUT2D eigenvalue weighted by molar-refractivity contribution is 5.80. The topological polar surface area (TPSA) is 66.8 Å². The molecule has 6 nitrogen and oxygen atoms in total. The summed E-state index contributed by atoms with van der Waals surface area (Å²) in [6.45, 7) is 4.21. The summed E-state index contributed by atoms with van der Waals surface area (Å²) in [5, 5.41) is 11.2. The number of pyridine rings is 2. The number of hydrogen-bond acceptors (Lipinski definition) is 6. The van der Waals surface area contributed by atoms with Gasteiger partial charge in [0, 0.05) is 13.0 Å². The monoisotopic (exact) mass is 370 g/mol. The average molecular weight is 370 g/mol. The van der Waals surface area contributed by atoms with Gasteiger partial charge >= 0.3 is 0 Å². The van der Waals surface area contributed by atoms with Gasteiger partial charge in [-0.15, -0.1) is 5.10 Å². The molecule has 0 radical (unpaired) electrons. The summed E-state index contributed by atoms with van der Waals surface area (Å²) in [7, 11) is 0. The minimum atomic E-state index is -2.65. The van der Waals surface area contributed by atoms with E-state index in [9.17, 15) is 8.78 Å². The van der Waals surface area contributed by atoms with Gasteiger partial charge in [0.2, 0.25) is 0 Å². The first-order valence-electron chi connectivity index (χ1n) is 8.89. The number of nitrogens with zero attached hydrogens (tertiary/aromatic N) is 5. The Morgan fingerprint density at radius 3 is 2.70 bits per heavy atom. The Labute approximate surface area is 155 Å². The normalized spacial score (nSPS) is 16.3. The Morgan fingerprint density at radius 1 is 1.11 bits per heavy atom. The van der Waals surface area contributed by atoms with Crippen molar-refractivity contribution in [3.8, 4) is 0 Å². The molecule has 0 spiro atoms. The summed E-state index contributed by atoms with van der Waals surface area (Å²) in [6.07, 6.45) is 3.23. The molecule has 1 saturated heterocycles. The summed E-state index contributed by atoms with van der Waals surface area (Å²) in [4.78, 5) is 10.6. The Hall–Kier alpha value is -2.90. The Morgan fingerprint density at radius 2 is 1.96 bits per heavy atom. The molecule has 1 N–H and O–H groups in total. The zero-order chi connectivity index (χ0) is 19.0. The summed E-state index contributed by atoms with van der Waals surface area (Å²) < 4.78 is 27.0. The first-order valence-corrected chi connectivity index (χ1v) is 8.89. The number of hydrogen-bond donors (Lipinski definition) is 1. The maximum Gasteiger partial charge on any atom is 0.266 e. The second-order valence-corrected chi connectivity index (χ2v) is 7.11. The van der Waals surface area contributed by atoms with E-state index in [1.807, 2.05) is 18.2 Å². The van der Waals surface area contributed by atoms with E-state index in [1.165, 1.54) is 0 Å². The van der Waals surface area contributed by atoms with Crippen LogP contribution in [0.5, 0.6) is 0 Å². The lowest BCUT2D eigenvalue weighted by molar-refractivity contribution is 0.0257. The maximum absolute atomic E-state index is 13.5. The fraction of sp³-hybridized carbons (Fsp3) is 0.368. The van der Waals surface area contributed by atoms with Crippen molar-refractivity contribution in [2.24, 2.45) is 0 Å². The van der Waals surface area contributed by atoms with Gasteiger partial charge in [0.15, 0.2) is 5.82 Å². The molecule has 4 heterocycles. The zero-order valence-electron chi connectivity index (χ0n) is 15.2. The van der Waals surface area contributed by atoms with Gasteiger partial charge < -0.3 is 10.2 Å². The third-order valence-electron chi connectivity index (χ3n) is 4.66. The van der Waals surface area contributed by atoms with E-state index in [1.54, 1.807) is 23.4 Å².